The van der Waals surface area contributed by atoms with Crippen LogP contribution in [-0.2, 0) is 0 Å². The van der Waals surface area contributed by atoms with Gasteiger partial charge in [-0.05, 0) is 31.2 Å². The summed E-state index contributed by atoms with van der Waals surface area (Å²) in [5, 5.41) is 0.640. The van der Waals surface area contributed by atoms with Gasteiger partial charge in [-0.25, -0.2) is 0 Å². The van der Waals surface area contributed by atoms with Crippen molar-refractivity contribution in [1.82, 2.24) is 4.90 Å². The Morgan fingerprint density at radius 2 is 1.80 bits per heavy atom. The standard InChI is InChI=1S/C12H14ClNO/c1-9(8-14(2)3)12(15)10-4-6-11(13)7-5-10/h4-8H,1-3H3/b9-8+. The molecule has 0 spiro atoms. The molecule has 0 aliphatic carbocycles. The summed E-state index contributed by atoms with van der Waals surface area (Å²) in [6.45, 7) is 1.80. The average molecular weight is 224 g/mol. The van der Waals surface area contributed by atoms with E-state index >= 15 is 0 Å². The van der Waals surface area contributed by atoms with Gasteiger partial charge in [-0.1, -0.05) is 11.6 Å². The molecule has 0 amide bonds. The van der Waals surface area contributed by atoms with Crippen LogP contribution in [0.25, 0.3) is 0 Å². The van der Waals surface area contributed by atoms with E-state index in [4.69, 9.17) is 11.6 Å². The van der Waals surface area contributed by atoms with Gasteiger partial charge in [0, 0.05) is 36.5 Å². The number of hydrogen-bond donors (Lipinski definition) is 0. The van der Waals surface area contributed by atoms with E-state index in [2.05, 4.69) is 0 Å². The van der Waals surface area contributed by atoms with Crippen molar-refractivity contribution < 1.29 is 4.79 Å². The molecule has 0 saturated heterocycles. The molecule has 0 unspecified atom stereocenters. The Hall–Kier alpha value is -1.28. The maximum absolute atomic E-state index is 11.9. The maximum atomic E-state index is 11.9. The summed E-state index contributed by atoms with van der Waals surface area (Å²) in [7, 11) is 3.78. The summed E-state index contributed by atoms with van der Waals surface area (Å²) >= 11 is 5.75. The highest BCUT2D eigenvalue weighted by Gasteiger charge is 2.07. The number of Topliss-reactive ketones (excluding diaryl/α,β-unsaturated/α-hetero) is 1. The second-order valence-corrected chi connectivity index (χ2v) is 4.05. The van der Waals surface area contributed by atoms with Gasteiger partial charge in [-0.3, -0.25) is 4.79 Å². The van der Waals surface area contributed by atoms with Crippen LogP contribution < -0.4 is 0 Å². The molecule has 0 saturated carbocycles. The topological polar surface area (TPSA) is 20.3 Å². The Morgan fingerprint density at radius 1 is 1.27 bits per heavy atom. The number of allylic oxidation sites excluding steroid dienone is 1. The van der Waals surface area contributed by atoms with E-state index in [1.165, 1.54) is 0 Å². The summed E-state index contributed by atoms with van der Waals surface area (Å²) in [6.07, 6.45) is 1.80. The molecule has 0 bridgehead atoms. The Labute approximate surface area is 95.2 Å². The van der Waals surface area contributed by atoms with Gasteiger partial charge in [-0.2, -0.15) is 0 Å². The van der Waals surface area contributed by atoms with Crippen molar-refractivity contribution in [3.63, 3.8) is 0 Å². The van der Waals surface area contributed by atoms with Crippen LogP contribution in [-0.4, -0.2) is 24.8 Å². The van der Waals surface area contributed by atoms with Crippen molar-refractivity contribution in [1.29, 1.82) is 0 Å². The number of nitrogens with zero attached hydrogens (tertiary/aromatic N) is 1. The number of rotatable bonds is 3. The fourth-order valence-corrected chi connectivity index (χ4v) is 1.40. The van der Waals surface area contributed by atoms with Crippen molar-refractivity contribution in [3.05, 3.63) is 46.6 Å². The van der Waals surface area contributed by atoms with Gasteiger partial charge in [0.1, 0.15) is 0 Å². The predicted octanol–water partition coefficient (Wildman–Crippen LogP) is 2.99. The fraction of sp³-hybridized carbons (Fsp3) is 0.250. The molecule has 1 aromatic carbocycles. The molecule has 0 N–H and O–H groups in total. The quantitative estimate of drug-likeness (QED) is 0.580. The summed E-state index contributed by atoms with van der Waals surface area (Å²) < 4.78 is 0. The summed E-state index contributed by atoms with van der Waals surface area (Å²) in [5.41, 5.74) is 1.37. The van der Waals surface area contributed by atoms with Crippen LogP contribution in [0.5, 0.6) is 0 Å². The zero-order chi connectivity index (χ0) is 11.4. The minimum absolute atomic E-state index is 0.0281. The summed E-state index contributed by atoms with van der Waals surface area (Å²) in [6, 6.07) is 6.91. The molecule has 2 nitrogen and oxygen atoms in total. The Balaban J connectivity index is 2.90. The monoisotopic (exact) mass is 223 g/mol. The summed E-state index contributed by atoms with van der Waals surface area (Å²) in [4.78, 5) is 13.7. The molecule has 1 aromatic rings. The zero-order valence-corrected chi connectivity index (χ0v) is 9.88. The average Bonchev–Trinajstić information content (AvgIpc) is 2.17. The van der Waals surface area contributed by atoms with Gasteiger partial charge in [0.15, 0.2) is 5.78 Å². The van der Waals surface area contributed by atoms with E-state index in [-0.39, 0.29) is 5.78 Å². The Bertz CT molecular complexity index is 379. The first-order chi connectivity index (χ1) is 7.00. The second-order valence-electron chi connectivity index (χ2n) is 3.61. The van der Waals surface area contributed by atoms with Gasteiger partial charge >= 0.3 is 0 Å². The largest absolute Gasteiger partial charge is 0.383 e. The van der Waals surface area contributed by atoms with E-state index in [1.54, 1.807) is 37.4 Å². The fourth-order valence-electron chi connectivity index (χ4n) is 1.27. The van der Waals surface area contributed by atoms with E-state index in [1.807, 2.05) is 19.0 Å². The number of hydrogen-bond acceptors (Lipinski definition) is 2. The molecule has 0 atom stereocenters. The third-order valence-corrected chi connectivity index (χ3v) is 2.17. The lowest BCUT2D eigenvalue weighted by Crippen LogP contribution is -2.07. The van der Waals surface area contributed by atoms with Crippen LogP contribution in [0.4, 0.5) is 0 Å². The predicted molar refractivity (Wildman–Crippen MR) is 63.2 cm³/mol. The molecule has 0 aliphatic rings. The minimum Gasteiger partial charge on any atom is -0.383 e. The molecule has 0 fully saturated rings. The van der Waals surface area contributed by atoms with Crippen molar-refractivity contribution in [2.24, 2.45) is 0 Å². The number of carbonyl (C=O) groups excluding carboxylic acids is 1. The third kappa shape index (κ3) is 3.40. The van der Waals surface area contributed by atoms with E-state index in [0.717, 1.165) is 0 Å². The number of halogens is 1. The lowest BCUT2D eigenvalue weighted by Gasteiger charge is -2.07. The zero-order valence-electron chi connectivity index (χ0n) is 9.12. The lowest BCUT2D eigenvalue weighted by molar-refractivity contribution is 0.103. The molecule has 15 heavy (non-hydrogen) atoms. The first-order valence-corrected chi connectivity index (χ1v) is 5.03. The van der Waals surface area contributed by atoms with Gasteiger partial charge in [-0.15, -0.1) is 0 Å². The molecule has 0 heterocycles. The highest BCUT2D eigenvalue weighted by Crippen LogP contribution is 2.13. The highest BCUT2D eigenvalue weighted by atomic mass is 35.5. The minimum atomic E-state index is 0.0281. The van der Waals surface area contributed by atoms with Crippen LogP contribution >= 0.6 is 11.6 Å². The maximum Gasteiger partial charge on any atom is 0.190 e. The normalized spacial score (nSPS) is 11.3. The van der Waals surface area contributed by atoms with Gasteiger partial charge in [0.25, 0.3) is 0 Å². The third-order valence-electron chi connectivity index (χ3n) is 1.92. The molecular formula is C12H14ClNO. The number of carbonyl (C=O) groups is 1. The van der Waals surface area contributed by atoms with Crippen molar-refractivity contribution in [2.45, 2.75) is 6.92 Å². The smallest absolute Gasteiger partial charge is 0.190 e. The van der Waals surface area contributed by atoms with Gasteiger partial charge < -0.3 is 4.90 Å². The van der Waals surface area contributed by atoms with E-state index in [0.29, 0.717) is 16.2 Å². The molecule has 80 valence electrons. The van der Waals surface area contributed by atoms with Gasteiger partial charge in [0.05, 0.1) is 0 Å². The molecular weight excluding hydrogens is 210 g/mol. The first kappa shape index (κ1) is 11.8. The van der Waals surface area contributed by atoms with Crippen LogP contribution in [0.15, 0.2) is 36.0 Å². The highest BCUT2D eigenvalue weighted by molar-refractivity contribution is 6.30. The van der Waals surface area contributed by atoms with Gasteiger partial charge in [0.2, 0.25) is 0 Å². The van der Waals surface area contributed by atoms with Crippen LogP contribution in [0.1, 0.15) is 17.3 Å². The van der Waals surface area contributed by atoms with E-state index in [9.17, 15) is 4.79 Å². The van der Waals surface area contributed by atoms with Crippen molar-refractivity contribution in [3.8, 4) is 0 Å². The van der Waals surface area contributed by atoms with Crippen molar-refractivity contribution in [2.75, 3.05) is 14.1 Å². The lowest BCUT2D eigenvalue weighted by atomic mass is 10.1. The molecule has 3 heteroatoms. The molecule has 0 radical (unpaired) electrons. The van der Waals surface area contributed by atoms with Crippen LogP contribution in [0.2, 0.25) is 5.02 Å². The molecule has 0 aliphatic heterocycles. The number of ketones is 1. The Morgan fingerprint density at radius 3 is 2.27 bits per heavy atom. The van der Waals surface area contributed by atoms with Crippen LogP contribution in [0.3, 0.4) is 0 Å². The SMILES string of the molecule is C/C(=C\N(C)C)C(=O)c1ccc(Cl)cc1. The van der Waals surface area contributed by atoms with Crippen molar-refractivity contribution >= 4 is 17.4 Å². The second kappa shape index (κ2) is 4.99. The Kier molecular flexibility index (Phi) is 3.92. The molecule has 0 aromatic heterocycles. The first-order valence-electron chi connectivity index (χ1n) is 4.66. The molecule has 1 rings (SSSR count). The van der Waals surface area contributed by atoms with E-state index < -0.39 is 0 Å². The number of benzene rings is 1. The van der Waals surface area contributed by atoms with Crippen LogP contribution in [0, 0.1) is 0 Å². The summed E-state index contributed by atoms with van der Waals surface area (Å²) in [5.74, 6) is 0.0281.